The molecule has 0 aliphatic rings. The van der Waals surface area contributed by atoms with Crippen molar-refractivity contribution < 1.29 is 22.4 Å². The molecular formula is C23H23FN4O4S. The molecular weight excluding hydrogens is 447 g/mol. The van der Waals surface area contributed by atoms with Gasteiger partial charge in [-0.25, -0.2) is 12.8 Å². The van der Waals surface area contributed by atoms with Gasteiger partial charge in [0.05, 0.1) is 10.6 Å². The average molecular weight is 471 g/mol. The van der Waals surface area contributed by atoms with Gasteiger partial charge >= 0.3 is 11.8 Å². The van der Waals surface area contributed by atoms with Crippen LogP contribution in [0.25, 0.3) is 11.1 Å². The molecule has 33 heavy (non-hydrogen) atoms. The van der Waals surface area contributed by atoms with Gasteiger partial charge in [0.15, 0.2) is 9.84 Å². The summed E-state index contributed by atoms with van der Waals surface area (Å²) < 4.78 is 39.5. The molecule has 6 N–H and O–H groups in total. The van der Waals surface area contributed by atoms with E-state index in [-0.39, 0.29) is 28.4 Å². The lowest BCUT2D eigenvalue weighted by Gasteiger charge is -2.23. The summed E-state index contributed by atoms with van der Waals surface area (Å²) in [5.41, 5.74) is 17.9. The Bertz CT molecular complexity index is 1310. The summed E-state index contributed by atoms with van der Waals surface area (Å²) in [5.74, 6) is -3.27. The summed E-state index contributed by atoms with van der Waals surface area (Å²) in [6, 6.07) is 15.8. The van der Waals surface area contributed by atoms with E-state index in [0.29, 0.717) is 11.1 Å². The fourth-order valence-electron chi connectivity index (χ4n) is 3.37. The molecule has 0 saturated carbocycles. The molecule has 8 nitrogen and oxygen atoms in total. The zero-order valence-corrected chi connectivity index (χ0v) is 18.6. The maximum atomic E-state index is 15.3. The lowest BCUT2D eigenvalue weighted by Crippen LogP contribution is -2.37. The molecule has 10 heteroatoms. The number of hydrogen-bond acceptors (Lipinski definition) is 6. The van der Waals surface area contributed by atoms with Gasteiger partial charge in [-0.3, -0.25) is 14.5 Å². The van der Waals surface area contributed by atoms with E-state index in [1.54, 1.807) is 30.3 Å². The SMILES string of the molecule is CS(=O)(=O)c1ccccc1-c1ccc(N(C(=O)C(N)=O)c2ccc(C(N)CN)cc2)c(F)c1. The second-order valence-electron chi connectivity index (χ2n) is 7.37. The van der Waals surface area contributed by atoms with Crippen molar-refractivity contribution in [3.63, 3.8) is 0 Å². The highest BCUT2D eigenvalue weighted by atomic mass is 32.2. The Morgan fingerprint density at radius 3 is 2.21 bits per heavy atom. The fraction of sp³-hybridized carbons (Fsp3) is 0.130. The van der Waals surface area contributed by atoms with Crippen molar-refractivity contribution in [2.45, 2.75) is 10.9 Å². The van der Waals surface area contributed by atoms with Crippen molar-refractivity contribution in [2.75, 3.05) is 17.7 Å². The van der Waals surface area contributed by atoms with E-state index >= 15 is 4.39 Å². The molecule has 1 unspecified atom stereocenters. The third-order valence-electron chi connectivity index (χ3n) is 5.03. The first-order chi connectivity index (χ1) is 15.5. The van der Waals surface area contributed by atoms with E-state index in [1.165, 1.54) is 30.3 Å². The van der Waals surface area contributed by atoms with Crippen molar-refractivity contribution in [3.8, 4) is 11.1 Å². The fourth-order valence-corrected chi connectivity index (χ4v) is 4.28. The molecule has 172 valence electrons. The number of nitrogens with zero attached hydrogens (tertiary/aromatic N) is 1. The van der Waals surface area contributed by atoms with Crippen LogP contribution in [-0.4, -0.2) is 33.0 Å². The van der Waals surface area contributed by atoms with Crippen LogP contribution in [0.1, 0.15) is 11.6 Å². The second-order valence-corrected chi connectivity index (χ2v) is 9.36. The molecule has 0 heterocycles. The van der Waals surface area contributed by atoms with Crippen molar-refractivity contribution in [3.05, 3.63) is 78.1 Å². The van der Waals surface area contributed by atoms with E-state index in [1.807, 2.05) is 0 Å². The summed E-state index contributed by atoms with van der Waals surface area (Å²) in [5, 5.41) is 0. The molecule has 3 aromatic carbocycles. The first-order valence-corrected chi connectivity index (χ1v) is 11.7. The maximum absolute atomic E-state index is 15.3. The molecule has 0 aromatic heterocycles. The van der Waals surface area contributed by atoms with Crippen molar-refractivity contribution >= 4 is 33.0 Å². The normalized spacial score (nSPS) is 12.2. The number of primary amides is 1. The summed E-state index contributed by atoms with van der Waals surface area (Å²) in [4.78, 5) is 25.1. The van der Waals surface area contributed by atoms with Crippen LogP contribution in [0.15, 0.2) is 71.6 Å². The van der Waals surface area contributed by atoms with Crippen LogP contribution in [0.4, 0.5) is 15.8 Å². The lowest BCUT2D eigenvalue weighted by molar-refractivity contribution is -0.135. The average Bonchev–Trinajstić information content (AvgIpc) is 2.79. The van der Waals surface area contributed by atoms with Gasteiger partial charge in [-0.1, -0.05) is 36.4 Å². The standard InChI is InChI=1S/C23H23FN4O4S/c1-33(31,32)21-5-3-2-4-17(21)15-8-11-20(18(24)12-15)28(23(30)22(27)29)16-9-6-14(7-10-16)19(26)13-25/h2-12,19H,13,25-26H2,1H3,(H2,27,29). The van der Waals surface area contributed by atoms with Crippen LogP contribution < -0.4 is 22.1 Å². The van der Waals surface area contributed by atoms with Gasteiger partial charge in [-0.2, -0.15) is 0 Å². The Hall–Kier alpha value is -3.60. The minimum atomic E-state index is -3.57. The molecule has 0 aliphatic carbocycles. The molecule has 0 saturated heterocycles. The molecule has 3 rings (SSSR count). The van der Waals surface area contributed by atoms with Gasteiger partial charge in [0.25, 0.3) is 0 Å². The number of hydrogen-bond donors (Lipinski definition) is 3. The van der Waals surface area contributed by atoms with Crippen molar-refractivity contribution in [1.29, 1.82) is 0 Å². The molecule has 0 radical (unpaired) electrons. The Morgan fingerprint density at radius 2 is 1.67 bits per heavy atom. The third-order valence-corrected chi connectivity index (χ3v) is 6.19. The van der Waals surface area contributed by atoms with Crippen molar-refractivity contribution in [2.24, 2.45) is 17.2 Å². The van der Waals surface area contributed by atoms with Crippen molar-refractivity contribution in [1.82, 2.24) is 0 Å². The number of benzene rings is 3. The summed E-state index contributed by atoms with van der Waals surface area (Å²) in [6.45, 7) is 0.203. The first kappa shape index (κ1) is 24.1. The second kappa shape index (κ2) is 9.49. The van der Waals surface area contributed by atoms with Gasteiger partial charge in [-0.15, -0.1) is 0 Å². The molecule has 2 amide bonds. The number of rotatable bonds is 6. The number of carbonyl (C=O) groups excluding carboxylic acids is 2. The highest BCUT2D eigenvalue weighted by Crippen LogP contribution is 2.34. The number of sulfone groups is 1. The number of amides is 2. The van der Waals surface area contributed by atoms with Crippen LogP contribution in [0.2, 0.25) is 0 Å². The quantitative estimate of drug-likeness (QED) is 0.469. The predicted octanol–water partition coefficient (Wildman–Crippen LogP) is 2.00. The molecule has 0 bridgehead atoms. The van der Waals surface area contributed by atoms with Gasteiger partial charge in [0.2, 0.25) is 0 Å². The topological polar surface area (TPSA) is 150 Å². The Balaban J connectivity index is 2.10. The van der Waals surface area contributed by atoms with Crippen LogP contribution in [0.3, 0.4) is 0 Å². The first-order valence-electron chi connectivity index (χ1n) is 9.83. The van der Waals surface area contributed by atoms with Crippen LogP contribution in [-0.2, 0) is 19.4 Å². The third kappa shape index (κ3) is 5.08. The highest BCUT2D eigenvalue weighted by Gasteiger charge is 2.26. The molecule has 0 fully saturated rings. The Morgan fingerprint density at radius 1 is 1.03 bits per heavy atom. The summed E-state index contributed by atoms with van der Waals surface area (Å²) >= 11 is 0. The monoisotopic (exact) mass is 470 g/mol. The minimum absolute atomic E-state index is 0.0362. The number of halogens is 1. The highest BCUT2D eigenvalue weighted by molar-refractivity contribution is 7.90. The van der Waals surface area contributed by atoms with Gasteiger partial charge in [-0.05, 0) is 41.5 Å². The largest absolute Gasteiger partial charge is 0.361 e. The molecule has 3 aromatic rings. The molecule has 0 spiro atoms. The smallest absolute Gasteiger partial charge is 0.320 e. The van der Waals surface area contributed by atoms with Gasteiger partial charge < -0.3 is 17.2 Å². The predicted molar refractivity (Wildman–Crippen MR) is 124 cm³/mol. The van der Waals surface area contributed by atoms with Crippen LogP contribution in [0, 0.1) is 5.82 Å². The zero-order valence-electron chi connectivity index (χ0n) is 17.7. The summed E-state index contributed by atoms with van der Waals surface area (Å²) in [7, 11) is -3.57. The van der Waals surface area contributed by atoms with Crippen LogP contribution in [0.5, 0.6) is 0 Å². The number of anilines is 2. The summed E-state index contributed by atoms with van der Waals surface area (Å²) in [6.07, 6.45) is 1.06. The van der Waals surface area contributed by atoms with E-state index in [9.17, 15) is 18.0 Å². The van der Waals surface area contributed by atoms with E-state index < -0.39 is 33.5 Å². The Kier molecular flexibility index (Phi) is 6.92. The molecule has 1 atom stereocenters. The van der Waals surface area contributed by atoms with E-state index in [2.05, 4.69) is 0 Å². The van der Waals surface area contributed by atoms with Crippen LogP contribution >= 0.6 is 0 Å². The molecule has 0 aliphatic heterocycles. The number of nitrogens with two attached hydrogens (primary N) is 3. The maximum Gasteiger partial charge on any atom is 0.320 e. The van der Waals surface area contributed by atoms with Gasteiger partial charge in [0, 0.05) is 30.1 Å². The van der Waals surface area contributed by atoms with E-state index in [0.717, 1.165) is 17.2 Å². The van der Waals surface area contributed by atoms with E-state index in [4.69, 9.17) is 17.2 Å². The lowest BCUT2D eigenvalue weighted by atomic mass is 10.0. The minimum Gasteiger partial charge on any atom is -0.361 e. The number of carbonyl (C=O) groups is 2. The zero-order chi connectivity index (χ0) is 24.3. The Labute approximate surface area is 190 Å². The van der Waals surface area contributed by atoms with Gasteiger partial charge in [0.1, 0.15) is 5.82 Å².